The second kappa shape index (κ2) is 9.62. The first-order valence-corrected chi connectivity index (χ1v) is 13.9. The summed E-state index contributed by atoms with van der Waals surface area (Å²) in [7, 11) is 0. The van der Waals surface area contributed by atoms with Crippen molar-refractivity contribution in [1.82, 2.24) is 0 Å². The van der Waals surface area contributed by atoms with E-state index in [0.29, 0.717) is 54.1 Å². The third-order valence-electron chi connectivity index (χ3n) is 5.99. The Morgan fingerprint density at radius 3 is 1.30 bits per heavy atom. The van der Waals surface area contributed by atoms with Gasteiger partial charge in [-0.2, -0.15) is 26.3 Å². The maximum Gasteiger partial charge on any atom is 0.380 e. The van der Waals surface area contributed by atoms with Crippen LogP contribution in [0.1, 0.15) is 71.5 Å². The Morgan fingerprint density at radius 2 is 1.00 bits per heavy atom. The van der Waals surface area contributed by atoms with E-state index in [4.69, 9.17) is 0 Å². The van der Waals surface area contributed by atoms with E-state index >= 15 is 17.6 Å². The van der Waals surface area contributed by atoms with Gasteiger partial charge in [-0.25, -0.2) is 0 Å². The zero-order chi connectivity index (χ0) is 24.9. The SMILES string of the molecule is CCCCc1c(Br)sc(C)c1C1=C(c2c(C)sc(Br)c2CCCC)C(F)(F)C(F)(F)C1(F)F. The molecule has 1 aliphatic carbocycles. The van der Waals surface area contributed by atoms with Gasteiger partial charge in [0.2, 0.25) is 0 Å². The van der Waals surface area contributed by atoms with E-state index in [1.807, 2.05) is 13.8 Å². The van der Waals surface area contributed by atoms with Crippen molar-refractivity contribution in [3.63, 3.8) is 0 Å². The molecule has 0 N–H and O–H groups in total. The van der Waals surface area contributed by atoms with Gasteiger partial charge in [0.25, 0.3) is 0 Å². The molecule has 0 aliphatic heterocycles. The van der Waals surface area contributed by atoms with E-state index in [9.17, 15) is 8.78 Å². The van der Waals surface area contributed by atoms with E-state index in [1.54, 1.807) is 0 Å². The van der Waals surface area contributed by atoms with Gasteiger partial charge in [0.05, 0.1) is 7.57 Å². The van der Waals surface area contributed by atoms with Gasteiger partial charge in [0.1, 0.15) is 0 Å². The summed E-state index contributed by atoms with van der Waals surface area (Å²) >= 11 is 8.93. The molecule has 0 unspecified atom stereocenters. The summed E-state index contributed by atoms with van der Waals surface area (Å²) in [5, 5.41) is 0. The lowest BCUT2D eigenvalue weighted by molar-refractivity contribution is -0.254. The maximum absolute atomic E-state index is 15.4. The van der Waals surface area contributed by atoms with Crippen molar-refractivity contribution in [2.45, 2.75) is 84.0 Å². The average molecular weight is 638 g/mol. The second-order valence-corrected chi connectivity index (χ2v) is 13.3. The van der Waals surface area contributed by atoms with Crippen molar-refractivity contribution in [2.75, 3.05) is 0 Å². The summed E-state index contributed by atoms with van der Waals surface area (Å²) in [5.41, 5.74) is -2.01. The third kappa shape index (κ3) is 4.18. The topological polar surface area (TPSA) is 0 Å². The summed E-state index contributed by atoms with van der Waals surface area (Å²) in [6, 6.07) is 0. The van der Waals surface area contributed by atoms with Crippen LogP contribution in [0.5, 0.6) is 0 Å². The van der Waals surface area contributed by atoms with Crippen LogP contribution in [-0.2, 0) is 12.8 Å². The quantitative estimate of drug-likeness (QED) is 0.253. The minimum Gasteiger partial charge on any atom is -0.194 e. The first-order chi connectivity index (χ1) is 15.3. The number of rotatable bonds is 8. The highest BCUT2D eigenvalue weighted by Gasteiger charge is 2.80. The number of allylic oxidation sites excluding steroid dienone is 2. The largest absolute Gasteiger partial charge is 0.380 e. The van der Waals surface area contributed by atoms with Crippen molar-refractivity contribution >= 4 is 65.7 Å². The molecule has 0 aromatic carbocycles. The standard InChI is InChI=1S/C23H24Br2F6S2/c1-5-7-9-13-15(11(3)32-19(13)24)17-18(22(28,29)23(30,31)21(17,26)27)16-12(4)33-20(25)14(16)10-8-6-2/h5-10H2,1-4H3. The monoisotopic (exact) mass is 636 g/mol. The highest BCUT2D eigenvalue weighted by Crippen LogP contribution is 2.67. The lowest BCUT2D eigenvalue weighted by atomic mass is 9.89. The van der Waals surface area contributed by atoms with Crippen LogP contribution in [-0.4, -0.2) is 17.8 Å². The number of alkyl halides is 6. The number of aryl methyl sites for hydroxylation is 2. The van der Waals surface area contributed by atoms with Gasteiger partial charge in [0, 0.05) is 32.0 Å². The summed E-state index contributed by atoms with van der Waals surface area (Å²) in [4.78, 5) is 0.631. The molecule has 0 saturated carbocycles. The Hall–Kier alpha value is -0.320. The van der Waals surface area contributed by atoms with Crippen LogP contribution >= 0.6 is 54.5 Å². The van der Waals surface area contributed by atoms with Gasteiger partial charge >= 0.3 is 17.8 Å². The number of unbranched alkanes of at least 4 members (excludes halogenated alkanes) is 2. The van der Waals surface area contributed by atoms with Crippen LogP contribution in [0, 0.1) is 13.8 Å². The Balaban J connectivity index is 2.47. The molecule has 2 heterocycles. The molecule has 1 aliphatic rings. The fourth-order valence-corrected chi connectivity index (χ4v) is 8.41. The molecular weight excluding hydrogens is 614 g/mol. The second-order valence-electron chi connectivity index (χ2n) is 8.25. The fraction of sp³-hybridized carbons (Fsp3) is 0.565. The lowest BCUT2D eigenvalue weighted by Crippen LogP contribution is -2.49. The Kier molecular flexibility index (Phi) is 7.95. The van der Waals surface area contributed by atoms with Gasteiger partial charge < -0.3 is 0 Å². The van der Waals surface area contributed by atoms with Crippen molar-refractivity contribution in [1.29, 1.82) is 0 Å². The summed E-state index contributed by atoms with van der Waals surface area (Å²) in [6.45, 7) is 6.86. The van der Waals surface area contributed by atoms with E-state index in [-0.39, 0.29) is 11.1 Å². The normalized spacial score (nSPS) is 19.0. The molecule has 0 nitrogen and oxygen atoms in total. The molecule has 2 aromatic heterocycles. The molecule has 184 valence electrons. The number of thiophene rings is 2. The Morgan fingerprint density at radius 1 is 0.667 bits per heavy atom. The molecule has 33 heavy (non-hydrogen) atoms. The zero-order valence-electron chi connectivity index (χ0n) is 18.6. The Bertz CT molecular complexity index is 999. The molecule has 0 saturated heterocycles. The number of hydrogen-bond acceptors (Lipinski definition) is 2. The fourth-order valence-electron chi connectivity index (χ4n) is 4.31. The van der Waals surface area contributed by atoms with Gasteiger partial charge in [-0.15, -0.1) is 22.7 Å². The summed E-state index contributed by atoms with van der Waals surface area (Å²) in [6.07, 6.45) is 3.38. The molecule has 0 spiro atoms. The maximum atomic E-state index is 15.4. The smallest absolute Gasteiger partial charge is 0.194 e. The molecule has 0 radical (unpaired) electrons. The van der Waals surface area contributed by atoms with Crippen molar-refractivity contribution < 1.29 is 26.3 Å². The predicted molar refractivity (Wildman–Crippen MR) is 132 cm³/mol. The van der Waals surface area contributed by atoms with E-state index in [1.165, 1.54) is 13.8 Å². The molecule has 0 bridgehead atoms. The van der Waals surface area contributed by atoms with Crippen molar-refractivity contribution in [3.8, 4) is 0 Å². The third-order valence-corrected chi connectivity index (χ3v) is 9.80. The van der Waals surface area contributed by atoms with Crippen LogP contribution in [0.15, 0.2) is 7.57 Å². The highest BCUT2D eigenvalue weighted by atomic mass is 79.9. The first-order valence-electron chi connectivity index (χ1n) is 10.7. The van der Waals surface area contributed by atoms with Crippen LogP contribution in [0.25, 0.3) is 11.1 Å². The summed E-state index contributed by atoms with van der Waals surface area (Å²) in [5.74, 6) is -15.6. The molecule has 0 fully saturated rings. The first kappa shape index (κ1) is 27.3. The van der Waals surface area contributed by atoms with Gasteiger partial charge in [0.15, 0.2) is 0 Å². The minimum atomic E-state index is -5.55. The van der Waals surface area contributed by atoms with Gasteiger partial charge in [-0.1, -0.05) is 26.7 Å². The molecule has 10 heteroatoms. The molecule has 2 aromatic rings. The highest BCUT2D eigenvalue weighted by molar-refractivity contribution is 9.11. The van der Waals surface area contributed by atoms with Crippen LogP contribution in [0.2, 0.25) is 0 Å². The molecule has 0 amide bonds. The zero-order valence-corrected chi connectivity index (χ0v) is 23.4. The van der Waals surface area contributed by atoms with Crippen molar-refractivity contribution in [3.05, 3.63) is 39.6 Å². The lowest BCUT2D eigenvalue weighted by Gasteiger charge is -2.26. The molecular formula is C23H24Br2F6S2. The van der Waals surface area contributed by atoms with Gasteiger partial charge in [-0.3, -0.25) is 0 Å². The Labute approximate surface area is 214 Å². The minimum absolute atomic E-state index is 0.166. The predicted octanol–water partition coefficient (Wildman–Crippen LogP) is 10.5. The number of halogens is 8. The molecule has 3 rings (SSSR count). The van der Waals surface area contributed by atoms with E-state index in [2.05, 4.69) is 31.9 Å². The van der Waals surface area contributed by atoms with Crippen LogP contribution in [0.4, 0.5) is 26.3 Å². The van der Waals surface area contributed by atoms with Crippen LogP contribution < -0.4 is 0 Å². The average Bonchev–Trinajstić information content (AvgIpc) is 3.18. The van der Waals surface area contributed by atoms with Crippen LogP contribution in [0.3, 0.4) is 0 Å². The van der Waals surface area contributed by atoms with Crippen molar-refractivity contribution in [2.24, 2.45) is 0 Å². The van der Waals surface area contributed by atoms with E-state index in [0.717, 1.165) is 35.5 Å². The summed E-state index contributed by atoms with van der Waals surface area (Å²) < 4.78 is 92.4. The number of hydrogen-bond donors (Lipinski definition) is 0. The van der Waals surface area contributed by atoms with E-state index < -0.39 is 28.9 Å². The molecule has 0 atom stereocenters. The van der Waals surface area contributed by atoms with Gasteiger partial charge in [-0.05, 0) is 82.5 Å².